The maximum Gasteiger partial charge on any atom is 0.264 e. The second kappa shape index (κ2) is 12.0. The Morgan fingerprint density at radius 2 is 0.862 bits per heavy atom. The zero-order chi connectivity index (χ0) is 22.8. The van der Waals surface area contributed by atoms with Crippen LogP contribution in [0.1, 0.15) is 12.8 Å². The van der Waals surface area contributed by atoms with Crippen molar-refractivity contribution in [3.63, 3.8) is 0 Å². The fraction of sp³-hybridized carbons (Fsp3) is 0.800. The van der Waals surface area contributed by atoms with Crippen LogP contribution in [0.4, 0.5) is 17.8 Å². The predicted molar refractivity (Wildman–Crippen MR) is 114 cm³/mol. The highest BCUT2D eigenvalue weighted by Gasteiger charge is 2.10. The second-order valence-corrected chi connectivity index (χ2v) is 9.97. The molecule has 12 nitrogen and oxygen atoms in total. The molecule has 0 aromatic carbocycles. The molecule has 0 bridgehead atoms. The van der Waals surface area contributed by atoms with Crippen LogP contribution in [-0.4, -0.2) is 99.8 Å². The Balaban J connectivity index is 0.000000543. The van der Waals surface area contributed by atoms with Crippen molar-refractivity contribution in [1.29, 1.82) is 0 Å². The maximum atomic E-state index is 10.5. The molecule has 14 heteroatoms. The molecule has 0 unspecified atom stereocenters. The number of nitrogens with zero attached hydrogens (tertiary/aromatic N) is 6. The van der Waals surface area contributed by atoms with E-state index < -0.39 is 20.2 Å². The predicted octanol–water partition coefficient (Wildman–Crippen LogP) is -0.211. The van der Waals surface area contributed by atoms with Crippen molar-refractivity contribution >= 4 is 38.1 Å². The van der Waals surface area contributed by atoms with Gasteiger partial charge in [0.15, 0.2) is 0 Å². The minimum atomic E-state index is -3.40. The van der Waals surface area contributed by atoms with E-state index in [-0.39, 0.29) is 13.2 Å². The lowest BCUT2D eigenvalue weighted by Crippen LogP contribution is -2.22. The highest BCUT2D eigenvalue weighted by molar-refractivity contribution is 7.86. The van der Waals surface area contributed by atoms with E-state index in [0.717, 1.165) is 12.5 Å². The molecule has 0 aliphatic carbocycles. The van der Waals surface area contributed by atoms with Gasteiger partial charge in [0.25, 0.3) is 20.2 Å². The van der Waals surface area contributed by atoms with Gasteiger partial charge in [0, 0.05) is 42.3 Å². The molecule has 0 radical (unpaired) electrons. The number of rotatable bonds is 10. The monoisotopic (exact) mass is 456 g/mol. The molecule has 0 aliphatic rings. The van der Waals surface area contributed by atoms with Crippen molar-refractivity contribution in [1.82, 2.24) is 15.0 Å². The molecule has 0 amide bonds. The molecular formula is C15H32N6O6S2. The lowest BCUT2D eigenvalue weighted by atomic mass is 10.3. The summed E-state index contributed by atoms with van der Waals surface area (Å²) in [5.41, 5.74) is 0. The third kappa shape index (κ3) is 13.9. The molecule has 1 aromatic heterocycles. The minimum Gasteiger partial charge on any atom is -0.347 e. The third-order valence-corrected chi connectivity index (χ3v) is 4.12. The van der Waals surface area contributed by atoms with Gasteiger partial charge in [-0.1, -0.05) is 0 Å². The van der Waals surface area contributed by atoms with Crippen LogP contribution in [-0.2, 0) is 28.6 Å². The summed E-state index contributed by atoms with van der Waals surface area (Å²) < 4.78 is 50.8. The summed E-state index contributed by atoms with van der Waals surface area (Å²) >= 11 is 0. The first-order chi connectivity index (χ1) is 13.1. The molecule has 0 aliphatic heterocycles. The van der Waals surface area contributed by atoms with Gasteiger partial charge in [-0.05, 0) is 12.8 Å². The van der Waals surface area contributed by atoms with Crippen LogP contribution >= 0.6 is 0 Å². The highest BCUT2D eigenvalue weighted by atomic mass is 32.2. The summed E-state index contributed by atoms with van der Waals surface area (Å²) in [6.07, 6.45) is 2.78. The summed E-state index contributed by atoms with van der Waals surface area (Å²) in [7, 11) is 4.67. The van der Waals surface area contributed by atoms with Crippen LogP contribution in [0.3, 0.4) is 0 Å². The molecule has 29 heavy (non-hydrogen) atoms. The topological polar surface area (TPSA) is 135 Å². The quantitative estimate of drug-likeness (QED) is 0.340. The van der Waals surface area contributed by atoms with Gasteiger partial charge in [-0.3, -0.25) is 8.37 Å². The van der Waals surface area contributed by atoms with E-state index in [2.05, 4.69) is 23.3 Å². The Morgan fingerprint density at radius 1 is 0.621 bits per heavy atom. The van der Waals surface area contributed by atoms with Crippen molar-refractivity contribution in [2.24, 2.45) is 0 Å². The van der Waals surface area contributed by atoms with Crippen LogP contribution < -0.4 is 14.7 Å². The van der Waals surface area contributed by atoms with E-state index in [9.17, 15) is 16.8 Å². The molecular weight excluding hydrogens is 424 g/mol. The third-order valence-electron chi connectivity index (χ3n) is 2.93. The Hall–Kier alpha value is -1.77. The van der Waals surface area contributed by atoms with Gasteiger partial charge in [-0.15, -0.1) is 0 Å². The number of aromatic nitrogens is 3. The summed E-state index contributed by atoms with van der Waals surface area (Å²) in [4.78, 5) is 18.5. The summed E-state index contributed by atoms with van der Waals surface area (Å²) in [5.74, 6) is 1.99. The average Bonchev–Trinajstić information content (AvgIpc) is 2.56. The lowest BCUT2D eigenvalue weighted by molar-refractivity contribution is 0.273. The first-order valence-electron chi connectivity index (χ1n) is 8.59. The largest absolute Gasteiger partial charge is 0.347 e. The van der Waals surface area contributed by atoms with Crippen molar-refractivity contribution in [2.45, 2.75) is 12.8 Å². The molecule has 1 heterocycles. The molecule has 0 saturated heterocycles. The van der Waals surface area contributed by atoms with E-state index in [4.69, 9.17) is 0 Å². The van der Waals surface area contributed by atoms with Crippen LogP contribution in [0.25, 0.3) is 0 Å². The first-order valence-corrected chi connectivity index (χ1v) is 12.2. The van der Waals surface area contributed by atoms with Gasteiger partial charge in [0.2, 0.25) is 17.8 Å². The van der Waals surface area contributed by atoms with E-state index in [0.29, 0.717) is 30.7 Å². The molecule has 1 rings (SSSR count). The van der Waals surface area contributed by atoms with Gasteiger partial charge >= 0.3 is 0 Å². The molecule has 0 spiro atoms. The highest BCUT2D eigenvalue weighted by Crippen LogP contribution is 2.14. The first kappa shape index (κ1) is 27.2. The van der Waals surface area contributed by atoms with E-state index >= 15 is 0 Å². The number of anilines is 3. The molecule has 0 saturated carbocycles. The van der Waals surface area contributed by atoms with Crippen LogP contribution in [0.15, 0.2) is 0 Å². The van der Waals surface area contributed by atoms with Gasteiger partial charge in [-0.25, -0.2) is 0 Å². The van der Waals surface area contributed by atoms with Crippen molar-refractivity contribution in [3.05, 3.63) is 0 Å². The van der Waals surface area contributed by atoms with E-state index in [1.165, 1.54) is 0 Å². The fourth-order valence-corrected chi connectivity index (χ4v) is 2.41. The summed E-state index contributed by atoms with van der Waals surface area (Å²) in [6.45, 7) is 0.0951. The van der Waals surface area contributed by atoms with Gasteiger partial charge in [0.05, 0.1) is 25.7 Å². The second-order valence-electron chi connectivity index (χ2n) is 6.68. The van der Waals surface area contributed by atoms with Gasteiger partial charge in [0.1, 0.15) is 0 Å². The van der Waals surface area contributed by atoms with Gasteiger partial charge < -0.3 is 14.7 Å². The Labute approximate surface area is 174 Å². The fourth-order valence-electron chi connectivity index (χ4n) is 1.57. The van der Waals surface area contributed by atoms with Crippen LogP contribution in [0.5, 0.6) is 0 Å². The standard InChI is InChI=1S/C9H18N6.C6H14O6S2/c1-13(2)7-10-8(14(3)4)12-9(11-7)15(5)6;1-13(7,8)11-5-3-4-6-12-14(2,9)10/h1-6H3;3-6H2,1-2H3. The normalized spacial score (nSPS) is 11.4. The molecule has 0 N–H and O–H groups in total. The van der Waals surface area contributed by atoms with E-state index in [1.807, 2.05) is 57.0 Å². The van der Waals surface area contributed by atoms with Crippen LogP contribution in [0, 0.1) is 0 Å². The van der Waals surface area contributed by atoms with Crippen molar-refractivity contribution in [2.75, 3.05) is 82.7 Å². The van der Waals surface area contributed by atoms with Crippen LogP contribution in [0.2, 0.25) is 0 Å². The SMILES string of the molecule is CN(C)c1nc(N(C)C)nc(N(C)C)n1.CS(=O)(=O)OCCCCOS(C)(=O)=O. The molecule has 1 aromatic rings. The Bertz CT molecular complexity index is 727. The smallest absolute Gasteiger partial charge is 0.264 e. The lowest BCUT2D eigenvalue weighted by Gasteiger charge is -2.18. The molecule has 0 fully saturated rings. The average molecular weight is 457 g/mol. The zero-order valence-electron chi connectivity index (χ0n) is 18.3. The number of unbranched alkanes of at least 4 members (excludes halogenated alkanes) is 1. The van der Waals surface area contributed by atoms with Gasteiger partial charge in [-0.2, -0.15) is 31.8 Å². The summed E-state index contributed by atoms with van der Waals surface area (Å²) in [5, 5.41) is 0. The van der Waals surface area contributed by atoms with Crippen molar-refractivity contribution < 1.29 is 25.2 Å². The zero-order valence-corrected chi connectivity index (χ0v) is 19.9. The maximum absolute atomic E-state index is 10.5. The molecule has 0 atom stereocenters. The van der Waals surface area contributed by atoms with E-state index in [1.54, 1.807) is 0 Å². The number of hydrogen-bond donors (Lipinski definition) is 0. The minimum absolute atomic E-state index is 0.0476. The van der Waals surface area contributed by atoms with Crippen molar-refractivity contribution in [3.8, 4) is 0 Å². The Morgan fingerprint density at radius 3 is 1.03 bits per heavy atom. The Kier molecular flexibility index (Phi) is 11.3. The molecule has 170 valence electrons. The summed E-state index contributed by atoms with van der Waals surface area (Å²) in [6, 6.07) is 0. The number of hydrogen-bond acceptors (Lipinski definition) is 12.